The van der Waals surface area contributed by atoms with Crippen molar-refractivity contribution in [2.45, 2.75) is 30.9 Å². The first kappa shape index (κ1) is 14.0. The second kappa shape index (κ2) is 7.33. The molecule has 0 aromatic carbocycles. The third kappa shape index (κ3) is 4.45. The van der Waals surface area contributed by atoms with Gasteiger partial charge in [0.2, 0.25) is 0 Å². The van der Waals surface area contributed by atoms with Crippen LogP contribution in [-0.4, -0.2) is 48.2 Å². The minimum atomic E-state index is -1.02. The van der Waals surface area contributed by atoms with Crippen molar-refractivity contribution in [1.29, 1.82) is 0 Å². The van der Waals surface area contributed by atoms with Gasteiger partial charge in [0.15, 0.2) is 11.1 Å². The van der Waals surface area contributed by atoms with E-state index in [1.165, 1.54) is 0 Å². The summed E-state index contributed by atoms with van der Waals surface area (Å²) in [6.45, 7) is 4.33. The number of hydrogen-bond donors (Lipinski definition) is 0. The summed E-state index contributed by atoms with van der Waals surface area (Å²) in [5.41, 5.74) is 0. The maximum Gasteiger partial charge on any atom is 0.256 e. The largest absolute Gasteiger partial charge is 0.351 e. The van der Waals surface area contributed by atoms with Crippen LogP contribution in [0, 0.1) is 0 Å². The molecule has 0 unspecified atom stereocenters. The van der Waals surface area contributed by atoms with E-state index < -0.39 is 4.84 Å². The lowest BCUT2D eigenvalue weighted by molar-refractivity contribution is -0.188. The van der Waals surface area contributed by atoms with Crippen molar-refractivity contribution in [3.8, 4) is 0 Å². The minimum absolute atomic E-state index is 0.289. The van der Waals surface area contributed by atoms with Crippen LogP contribution in [0.15, 0.2) is 0 Å². The molecule has 1 rings (SSSR count). The molecule has 0 spiro atoms. The van der Waals surface area contributed by atoms with E-state index in [9.17, 15) is 4.79 Å². The second-order valence-electron chi connectivity index (χ2n) is 3.61. The van der Waals surface area contributed by atoms with Gasteiger partial charge in [-0.1, -0.05) is 30.1 Å². The van der Waals surface area contributed by atoms with Crippen molar-refractivity contribution in [3.05, 3.63) is 0 Å². The van der Waals surface area contributed by atoms with Gasteiger partial charge in [-0.25, -0.2) is 0 Å². The number of halogens is 2. The number of hydrogen-bond acceptors (Lipinski definition) is 3. The van der Waals surface area contributed by atoms with E-state index in [1.807, 2.05) is 6.92 Å². The molecule has 16 heavy (non-hydrogen) atoms. The normalized spacial score (nSPS) is 17.8. The van der Waals surface area contributed by atoms with Crippen molar-refractivity contribution in [2.24, 2.45) is 0 Å². The zero-order valence-corrected chi connectivity index (χ0v) is 10.8. The number of alkyl halides is 2. The molecule has 0 N–H and O–H groups in total. The highest BCUT2D eigenvalue weighted by Crippen LogP contribution is 2.12. The molecule has 0 radical (unpaired) electrons. The first-order chi connectivity index (χ1) is 7.65. The Morgan fingerprint density at radius 1 is 1.44 bits per heavy atom. The summed E-state index contributed by atoms with van der Waals surface area (Å²) in [6.07, 6.45) is 1.39. The highest BCUT2D eigenvalue weighted by atomic mass is 35.5. The lowest BCUT2D eigenvalue weighted by Crippen LogP contribution is -2.43. The number of rotatable bonds is 5. The van der Waals surface area contributed by atoms with Crippen molar-refractivity contribution in [1.82, 2.24) is 4.90 Å². The Balaban J connectivity index is 2.45. The molecule has 0 aromatic rings. The van der Waals surface area contributed by atoms with Gasteiger partial charge in [-0.15, -0.1) is 0 Å². The Kier molecular flexibility index (Phi) is 6.43. The minimum Gasteiger partial charge on any atom is -0.351 e. The SMILES string of the molecule is CCCN(CC1OCCCO1)C(=O)C(Cl)Cl. The quantitative estimate of drug-likeness (QED) is 0.715. The zero-order valence-electron chi connectivity index (χ0n) is 9.33. The molecule has 1 fully saturated rings. The molecule has 4 nitrogen and oxygen atoms in total. The molecule has 0 atom stereocenters. The maximum absolute atomic E-state index is 11.7. The third-order valence-corrected chi connectivity index (χ3v) is 2.63. The Morgan fingerprint density at radius 3 is 2.56 bits per heavy atom. The van der Waals surface area contributed by atoms with Gasteiger partial charge >= 0.3 is 0 Å². The van der Waals surface area contributed by atoms with Crippen LogP contribution in [0.3, 0.4) is 0 Å². The highest BCUT2D eigenvalue weighted by Gasteiger charge is 2.24. The van der Waals surface area contributed by atoms with Gasteiger partial charge in [0.25, 0.3) is 5.91 Å². The fraction of sp³-hybridized carbons (Fsp3) is 0.900. The molecule has 1 amide bonds. The molecule has 0 aliphatic carbocycles. The summed E-state index contributed by atoms with van der Waals surface area (Å²) in [5.74, 6) is -0.289. The predicted octanol–water partition coefficient (Wildman–Crippen LogP) is 1.79. The molecule has 6 heteroatoms. The molecule has 94 valence electrons. The summed E-state index contributed by atoms with van der Waals surface area (Å²) in [4.78, 5) is 12.2. The Morgan fingerprint density at radius 2 is 2.06 bits per heavy atom. The second-order valence-corrected chi connectivity index (χ2v) is 4.71. The van der Waals surface area contributed by atoms with Crippen LogP contribution in [0.4, 0.5) is 0 Å². The topological polar surface area (TPSA) is 38.8 Å². The standard InChI is InChI=1S/C10H17Cl2NO3/c1-2-4-13(10(14)9(11)12)7-8-15-5-3-6-16-8/h8-9H,2-7H2,1H3. The summed E-state index contributed by atoms with van der Waals surface area (Å²) < 4.78 is 10.8. The Bertz CT molecular complexity index is 220. The first-order valence-electron chi connectivity index (χ1n) is 5.45. The summed E-state index contributed by atoms with van der Waals surface area (Å²) >= 11 is 11.1. The van der Waals surface area contributed by atoms with Gasteiger partial charge < -0.3 is 14.4 Å². The molecular formula is C10H17Cl2NO3. The van der Waals surface area contributed by atoms with E-state index in [-0.39, 0.29) is 12.2 Å². The van der Waals surface area contributed by atoms with Crippen LogP contribution in [0.1, 0.15) is 19.8 Å². The number of nitrogens with zero attached hydrogens (tertiary/aromatic N) is 1. The van der Waals surface area contributed by atoms with Crippen molar-refractivity contribution in [3.63, 3.8) is 0 Å². The Labute approximate surface area is 106 Å². The van der Waals surface area contributed by atoms with Crippen LogP contribution in [-0.2, 0) is 14.3 Å². The number of amides is 1. The zero-order chi connectivity index (χ0) is 12.0. The van der Waals surface area contributed by atoms with E-state index in [2.05, 4.69) is 0 Å². The van der Waals surface area contributed by atoms with Crippen molar-refractivity contribution < 1.29 is 14.3 Å². The molecule has 1 aliphatic rings. The lowest BCUT2D eigenvalue weighted by atomic mass is 10.3. The van der Waals surface area contributed by atoms with E-state index in [1.54, 1.807) is 4.90 Å². The van der Waals surface area contributed by atoms with Crippen molar-refractivity contribution in [2.75, 3.05) is 26.3 Å². The van der Waals surface area contributed by atoms with Crippen LogP contribution >= 0.6 is 23.2 Å². The van der Waals surface area contributed by atoms with Gasteiger partial charge in [-0.05, 0) is 12.8 Å². The van der Waals surface area contributed by atoms with Crippen molar-refractivity contribution >= 4 is 29.1 Å². The maximum atomic E-state index is 11.7. The van der Waals surface area contributed by atoms with Gasteiger partial charge in [0.1, 0.15) is 0 Å². The number of carbonyl (C=O) groups is 1. The number of carbonyl (C=O) groups excluding carboxylic acids is 1. The van der Waals surface area contributed by atoms with Gasteiger partial charge in [-0.2, -0.15) is 0 Å². The summed E-state index contributed by atoms with van der Waals surface area (Å²) in [7, 11) is 0. The molecule has 1 heterocycles. The van der Waals surface area contributed by atoms with E-state index in [0.717, 1.165) is 12.8 Å². The fourth-order valence-corrected chi connectivity index (χ4v) is 1.80. The highest BCUT2D eigenvalue weighted by molar-refractivity contribution is 6.53. The van der Waals surface area contributed by atoms with Gasteiger partial charge in [0, 0.05) is 6.54 Å². The Hall–Kier alpha value is -0.0300. The van der Waals surface area contributed by atoms with Crippen LogP contribution in [0.2, 0.25) is 0 Å². The van der Waals surface area contributed by atoms with Gasteiger partial charge in [0.05, 0.1) is 19.8 Å². The molecule has 1 saturated heterocycles. The fourth-order valence-electron chi connectivity index (χ4n) is 1.52. The third-order valence-electron chi connectivity index (χ3n) is 2.26. The predicted molar refractivity (Wildman–Crippen MR) is 62.7 cm³/mol. The molecule has 0 saturated carbocycles. The van der Waals surface area contributed by atoms with Crippen LogP contribution in [0.5, 0.6) is 0 Å². The van der Waals surface area contributed by atoms with E-state index >= 15 is 0 Å². The monoisotopic (exact) mass is 269 g/mol. The lowest BCUT2D eigenvalue weighted by Gasteiger charge is -2.30. The van der Waals surface area contributed by atoms with E-state index in [0.29, 0.717) is 26.3 Å². The molecular weight excluding hydrogens is 253 g/mol. The van der Waals surface area contributed by atoms with Gasteiger partial charge in [-0.3, -0.25) is 4.79 Å². The summed E-state index contributed by atoms with van der Waals surface area (Å²) in [6, 6.07) is 0. The van der Waals surface area contributed by atoms with E-state index in [4.69, 9.17) is 32.7 Å². The smallest absolute Gasteiger partial charge is 0.256 e. The molecule has 1 aliphatic heterocycles. The molecule has 0 aromatic heterocycles. The number of ether oxygens (including phenoxy) is 2. The van der Waals surface area contributed by atoms with Crippen LogP contribution < -0.4 is 0 Å². The van der Waals surface area contributed by atoms with Crippen LogP contribution in [0.25, 0.3) is 0 Å². The average Bonchev–Trinajstić information content (AvgIpc) is 2.29. The molecule has 0 bridgehead atoms. The first-order valence-corrected chi connectivity index (χ1v) is 6.32. The summed E-state index contributed by atoms with van der Waals surface area (Å²) in [5, 5.41) is 0. The average molecular weight is 270 g/mol.